The van der Waals surface area contributed by atoms with Crippen LogP contribution in [0.4, 0.5) is 5.00 Å². The predicted molar refractivity (Wildman–Crippen MR) is 71.9 cm³/mol. The molecule has 2 aliphatic rings. The molecular formula is C13H18N2O2S. The highest BCUT2D eigenvalue weighted by atomic mass is 32.1. The molecule has 2 N–H and O–H groups in total. The van der Waals surface area contributed by atoms with Crippen LogP contribution in [0.5, 0.6) is 0 Å². The van der Waals surface area contributed by atoms with Gasteiger partial charge >= 0.3 is 5.97 Å². The normalized spacial score (nSPS) is 26.1. The smallest absolute Gasteiger partial charge is 0.341 e. The zero-order chi connectivity index (χ0) is 12.9. The number of anilines is 1. The van der Waals surface area contributed by atoms with Gasteiger partial charge in [-0.15, -0.1) is 11.3 Å². The number of carbonyl (C=O) groups excluding carboxylic acids is 1. The molecule has 0 spiro atoms. The molecule has 1 aromatic rings. The first-order valence-corrected chi connectivity index (χ1v) is 7.25. The molecular weight excluding hydrogens is 248 g/mol. The lowest BCUT2D eigenvalue weighted by atomic mass is 9.97. The van der Waals surface area contributed by atoms with Crippen molar-refractivity contribution in [1.82, 2.24) is 4.90 Å². The van der Waals surface area contributed by atoms with Crippen molar-refractivity contribution in [2.75, 3.05) is 19.4 Å². The van der Waals surface area contributed by atoms with Crippen molar-refractivity contribution in [2.45, 2.75) is 38.3 Å². The van der Waals surface area contributed by atoms with Crippen molar-refractivity contribution in [1.29, 1.82) is 0 Å². The van der Waals surface area contributed by atoms with Crippen LogP contribution < -0.4 is 5.73 Å². The van der Waals surface area contributed by atoms with Gasteiger partial charge in [-0.05, 0) is 38.8 Å². The first kappa shape index (κ1) is 12.0. The molecule has 4 nitrogen and oxygen atoms in total. The van der Waals surface area contributed by atoms with Gasteiger partial charge < -0.3 is 10.5 Å². The third-order valence-electron chi connectivity index (χ3n) is 4.13. The number of hydrogen-bond donors (Lipinski definition) is 1. The first-order valence-electron chi connectivity index (χ1n) is 6.43. The van der Waals surface area contributed by atoms with Gasteiger partial charge in [0.15, 0.2) is 0 Å². The van der Waals surface area contributed by atoms with E-state index in [0.29, 0.717) is 29.3 Å². The number of nitrogen functional groups attached to an aromatic ring is 1. The Labute approximate surface area is 111 Å². The number of hydrogen-bond acceptors (Lipinski definition) is 5. The number of ether oxygens (including phenoxy) is 1. The summed E-state index contributed by atoms with van der Waals surface area (Å²) < 4.78 is 5.13. The second-order valence-electron chi connectivity index (χ2n) is 5.02. The Kier molecular flexibility index (Phi) is 2.83. The van der Waals surface area contributed by atoms with Gasteiger partial charge in [0.05, 0.1) is 12.2 Å². The monoisotopic (exact) mass is 266 g/mol. The van der Waals surface area contributed by atoms with Crippen molar-refractivity contribution < 1.29 is 9.53 Å². The Morgan fingerprint density at radius 2 is 2.33 bits per heavy atom. The maximum atomic E-state index is 12.0. The SMILES string of the molecule is CCOC(=O)c1c(N)sc2c1C[C@@H]1CC[C@H]2N1C. The largest absolute Gasteiger partial charge is 0.462 e. The minimum Gasteiger partial charge on any atom is -0.462 e. The average Bonchev–Trinajstić information content (AvgIpc) is 2.76. The molecule has 0 aromatic carbocycles. The van der Waals surface area contributed by atoms with Crippen LogP contribution in [0.1, 0.15) is 46.6 Å². The minimum absolute atomic E-state index is 0.253. The highest BCUT2D eigenvalue weighted by molar-refractivity contribution is 7.16. The van der Waals surface area contributed by atoms with E-state index >= 15 is 0 Å². The summed E-state index contributed by atoms with van der Waals surface area (Å²) in [5.74, 6) is -0.253. The van der Waals surface area contributed by atoms with Crippen molar-refractivity contribution in [3.8, 4) is 0 Å². The summed E-state index contributed by atoms with van der Waals surface area (Å²) in [5.41, 5.74) is 7.82. The van der Waals surface area contributed by atoms with E-state index < -0.39 is 0 Å². The van der Waals surface area contributed by atoms with E-state index in [4.69, 9.17) is 10.5 Å². The molecule has 3 rings (SSSR count). The molecule has 0 aliphatic carbocycles. The van der Waals surface area contributed by atoms with Crippen molar-refractivity contribution >= 4 is 22.3 Å². The summed E-state index contributed by atoms with van der Waals surface area (Å²) in [6.45, 7) is 2.22. The fraction of sp³-hybridized carbons (Fsp3) is 0.615. The maximum Gasteiger partial charge on any atom is 0.341 e. The molecule has 1 aromatic heterocycles. The number of rotatable bonds is 2. The number of nitrogens with two attached hydrogens (primary N) is 1. The Morgan fingerprint density at radius 3 is 3.06 bits per heavy atom. The molecule has 0 amide bonds. The van der Waals surface area contributed by atoms with Gasteiger partial charge in [0.2, 0.25) is 0 Å². The van der Waals surface area contributed by atoms with E-state index in [0.717, 1.165) is 12.0 Å². The lowest BCUT2D eigenvalue weighted by molar-refractivity contribution is 0.0525. The summed E-state index contributed by atoms with van der Waals surface area (Å²) in [5, 5.41) is 0.624. The number of carbonyl (C=O) groups is 1. The molecule has 2 atom stereocenters. The van der Waals surface area contributed by atoms with Gasteiger partial charge in [0.1, 0.15) is 5.00 Å². The Morgan fingerprint density at radius 1 is 1.56 bits per heavy atom. The topological polar surface area (TPSA) is 55.6 Å². The van der Waals surface area contributed by atoms with Crippen LogP contribution in [0.3, 0.4) is 0 Å². The van der Waals surface area contributed by atoms with E-state index in [1.807, 2.05) is 6.92 Å². The molecule has 1 fully saturated rings. The third kappa shape index (κ3) is 1.57. The fourth-order valence-electron chi connectivity index (χ4n) is 3.21. The molecule has 0 saturated carbocycles. The highest BCUT2D eigenvalue weighted by Crippen LogP contribution is 2.48. The van der Waals surface area contributed by atoms with Gasteiger partial charge in [-0.1, -0.05) is 0 Å². The van der Waals surface area contributed by atoms with E-state index in [1.54, 1.807) is 11.3 Å². The van der Waals surface area contributed by atoms with Gasteiger partial charge in [-0.2, -0.15) is 0 Å². The quantitative estimate of drug-likeness (QED) is 0.834. The van der Waals surface area contributed by atoms with Crippen LogP contribution in [0.2, 0.25) is 0 Å². The van der Waals surface area contributed by atoms with Crippen LogP contribution in [0.25, 0.3) is 0 Å². The van der Waals surface area contributed by atoms with E-state index in [2.05, 4.69) is 11.9 Å². The molecule has 18 heavy (non-hydrogen) atoms. The second kappa shape index (κ2) is 4.24. The lowest BCUT2D eigenvalue weighted by Gasteiger charge is -2.31. The van der Waals surface area contributed by atoms with E-state index in [9.17, 15) is 4.79 Å². The number of esters is 1. The molecule has 3 heterocycles. The number of fused-ring (bicyclic) bond motifs is 4. The average molecular weight is 266 g/mol. The highest BCUT2D eigenvalue weighted by Gasteiger charge is 2.41. The first-order chi connectivity index (χ1) is 8.63. The van der Waals surface area contributed by atoms with Gasteiger partial charge in [-0.3, -0.25) is 4.90 Å². The standard InChI is InChI=1S/C13H18N2O2S/c1-3-17-13(16)10-8-6-7-4-5-9(15(7)2)11(8)18-12(10)14/h7,9H,3-6,14H2,1-2H3/t7-,9+/m0/s1. The summed E-state index contributed by atoms with van der Waals surface area (Å²) in [4.78, 5) is 15.7. The number of thiophene rings is 1. The maximum absolute atomic E-state index is 12.0. The predicted octanol–water partition coefficient (Wildman–Crippen LogP) is 2.20. The Bertz CT molecular complexity index is 497. The summed E-state index contributed by atoms with van der Waals surface area (Å²) in [6, 6.07) is 1.01. The molecule has 0 unspecified atom stereocenters. The fourth-order valence-corrected chi connectivity index (χ4v) is 4.49. The molecule has 5 heteroatoms. The van der Waals surface area contributed by atoms with Crippen molar-refractivity contribution in [2.24, 2.45) is 0 Å². The van der Waals surface area contributed by atoms with Crippen molar-refractivity contribution in [3.63, 3.8) is 0 Å². The van der Waals surface area contributed by atoms with Crippen molar-refractivity contribution in [3.05, 3.63) is 16.0 Å². The van der Waals surface area contributed by atoms with Gasteiger partial charge in [-0.25, -0.2) is 4.79 Å². The summed E-state index contributed by atoms with van der Waals surface area (Å²) in [7, 11) is 2.17. The molecule has 2 aliphatic heterocycles. The second-order valence-corrected chi connectivity index (χ2v) is 6.10. The Balaban J connectivity index is 2.04. The Hall–Kier alpha value is -1.07. The van der Waals surface area contributed by atoms with E-state index in [-0.39, 0.29) is 5.97 Å². The zero-order valence-corrected chi connectivity index (χ0v) is 11.5. The number of likely N-dealkylation sites (N-methyl/N-ethyl adjacent to an activating group) is 1. The summed E-state index contributed by atoms with van der Waals surface area (Å²) in [6.07, 6.45) is 3.32. The van der Waals surface area contributed by atoms with Crippen LogP contribution in [0.15, 0.2) is 0 Å². The number of nitrogens with zero attached hydrogens (tertiary/aromatic N) is 1. The van der Waals surface area contributed by atoms with Gasteiger partial charge in [0, 0.05) is 17.0 Å². The molecule has 1 saturated heterocycles. The van der Waals surface area contributed by atoms with Crippen LogP contribution in [-0.4, -0.2) is 30.6 Å². The molecule has 2 bridgehead atoms. The molecule has 0 radical (unpaired) electrons. The van der Waals surface area contributed by atoms with Crippen LogP contribution in [-0.2, 0) is 11.2 Å². The van der Waals surface area contributed by atoms with Gasteiger partial charge in [0.25, 0.3) is 0 Å². The van der Waals surface area contributed by atoms with Crippen LogP contribution >= 0.6 is 11.3 Å². The third-order valence-corrected chi connectivity index (χ3v) is 5.29. The minimum atomic E-state index is -0.253. The van der Waals surface area contributed by atoms with Crippen LogP contribution in [0, 0.1) is 0 Å². The zero-order valence-electron chi connectivity index (χ0n) is 10.7. The lowest BCUT2D eigenvalue weighted by Crippen LogP contribution is -2.33. The molecule has 98 valence electrons. The summed E-state index contributed by atoms with van der Waals surface area (Å²) >= 11 is 1.57. The van der Waals surface area contributed by atoms with E-state index in [1.165, 1.54) is 17.7 Å².